The van der Waals surface area contributed by atoms with Crippen LogP contribution in [0, 0.1) is 11.6 Å². The second-order valence-corrected chi connectivity index (χ2v) is 16.4. The van der Waals surface area contributed by atoms with E-state index in [2.05, 4.69) is 20.8 Å². The molecule has 0 saturated carbocycles. The van der Waals surface area contributed by atoms with Crippen LogP contribution in [0.5, 0.6) is 0 Å². The molecule has 0 atom stereocenters. The fraction of sp³-hybridized carbons (Fsp3) is 0.0476. The monoisotopic (exact) mass is 848 g/mol. The normalized spacial score (nSPS) is 11.5. The van der Waals surface area contributed by atoms with Gasteiger partial charge in [-0.2, -0.15) is 10.2 Å². The van der Waals surface area contributed by atoms with Crippen LogP contribution in [-0.2, 0) is 42.5 Å². The maximum Gasteiger partial charge on any atom is 0.240 e. The summed E-state index contributed by atoms with van der Waals surface area (Å²) in [7, 11) is -8.24. The van der Waals surface area contributed by atoms with E-state index >= 15 is 0 Å². The zero-order chi connectivity index (χ0) is 42.6. The van der Waals surface area contributed by atoms with E-state index in [-0.39, 0.29) is 56.5 Å². The van der Waals surface area contributed by atoms with Crippen molar-refractivity contribution in [2.75, 3.05) is 10.6 Å². The van der Waals surface area contributed by atoms with Crippen LogP contribution in [0.15, 0.2) is 156 Å². The number of hydrogen-bond donors (Lipinski definition) is 4. The first-order valence-electron chi connectivity index (χ1n) is 17.9. The predicted molar refractivity (Wildman–Crippen MR) is 222 cm³/mol. The number of benzene rings is 6. The van der Waals surface area contributed by atoms with Crippen LogP contribution in [0.1, 0.15) is 11.1 Å². The number of nitrogens with zero attached hydrogens (tertiary/aromatic N) is 4. The lowest BCUT2D eigenvalue weighted by Crippen LogP contribution is -2.18. The van der Waals surface area contributed by atoms with Gasteiger partial charge in [0.1, 0.15) is 21.4 Å². The summed E-state index contributed by atoms with van der Waals surface area (Å²) in [6, 6.07) is 35.2. The van der Waals surface area contributed by atoms with Gasteiger partial charge < -0.3 is 10.6 Å². The molecule has 0 unspecified atom stereocenters. The van der Waals surface area contributed by atoms with Gasteiger partial charge in [0.25, 0.3) is 0 Å². The molecule has 304 valence electrons. The average molecular weight is 849 g/mol. The molecule has 0 fully saturated rings. The third-order valence-electron chi connectivity index (χ3n) is 9.08. The molecule has 60 heavy (non-hydrogen) atoms. The summed E-state index contributed by atoms with van der Waals surface area (Å²) < 4.78 is 79.3. The van der Waals surface area contributed by atoms with Gasteiger partial charge in [-0.3, -0.25) is 9.59 Å². The number of aromatic nitrogens is 4. The van der Waals surface area contributed by atoms with Crippen LogP contribution in [-0.4, -0.2) is 48.2 Å². The van der Waals surface area contributed by atoms with Crippen molar-refractivity contribution in [2.24, 2.45) is 10.3 Å². The van der Waals surface area contributed by atoms with Crippen LogP contribution in [0.2, 0.25) is 0 Å². The summed E-state index contributed by atoms with van der Waals surface area (Å²) in [4.78, 5) is 24.2. The van der Waals surface area contributed by atoms with E-state index < -0.39 is 43.5 Å². The standard InChI is InChI=1S/2C21H17FN4O3S/c22-17-7-3-1-5-14(17)11-21(27)24-16-9-10-19(20(12-16)30(23,28)29)26-13-15-6-2-4-8-18(15)25-26;22-17-7-3-1-5-14(17)11-21(27)25-16-9-10-19(20(12-16)30(23,28)29)26-18-8-4-2-6-15(18)13-24-26/h1-10,12-13H,11H2,(H,24,27)(H2,23,28,29);1-10,12-13H,11H2,(H,25,27)(H2,23,28,29). The molecule has 2 aromatic heterocycles. The molecular formula is C42H34F2N8O6S2. The molecule has 18 heteroatoms. The van der Waals surface area contributed by atoms with E-state index in [0.717, 1.165) is 10.8 Å². The van der Waals surface area contributed by atoms with Crippen molar-refractivity contribution in [1.82, 2.24) is 19.6 Å². The fourth-order valence-corrected chi connectivity index (χ4v) is 7.78. The third kappa shape index (κ3) is 9.43. The highest BCUT2D eigenvalue weighted by molar-refractivity contribution is 7.89. The number of hydrogen-bond acceptors (Lipinski definition) is 8. The number of sulfonamides is 2. The van der Waals surface area contributed by atoms with Crippen molar-refractivity contribution in [3.05, 3.63) is 169 Å². The average Bonchev–Trinajstić information content (AvgIpc) is 3.84. The second-order valence-electron chi connectivity index (χ2n) is 13.3. The van der Waals surface area contributed by atoms with Gasteiger partial charge in [-0.1, -0.05) is 72.8 Å². The Morgan fingerprint density at radius 1 is 0.600 bits per heavy atom. The number of amides is 2. The lowest BCUT2D eigenvalue weighted by atomic mass is 10.1. The second kappa shape index (κ2) is 17.0. The summed E-state index contributed by atoms with van der Waals surface area (Å²) >= 11 is 0. The molecule has 14 nitrogen and oxygen atoms in total. The van der Waals surface area contributed by atoms with Crippen molar-refractivity contribution in [1.29, 1.82) is 0 Å². The van der Waals surface area contributed by atoms with Crippen LogP contribution < -0.4 is 20.9 Å². The minimum Gasteiger partial charge on any atom is -0.326 e. The molecule has 0 saturated heterocycles. The number of para-hydroxylation sites is 1. The molecule has 8 rings (SSSR count). The van der Waals surface area contributed by atoms with E-state index in [9.17, 15) is 35.2 Å². The fourth-order valence-electron chi connectivity index (χ4n) is 6.30. The molecule has 0 bridgehead atoms. The molecule has 6 N–H and O–H groups in total. The lowest BCUT2D eigenvalue weighted by Gasteiger charge is -2.12. The highest BCUT2D eigenvalue weighted by atomic mass is 32.2. The van der Waals surface area contributed by atoms with Gasteiger partial charge in [-0.05, 0) is 71.8 Å². The third-order valence-corrected chi connectivity index (χ3v) is 11.0. The molecule has 0 spiro atoms. The Balaban J connectivity index is 0.000000181. The van der Waals surface area contributed by atoms with E-state index in [0.29, 0.717) is 11.0 Å². The number of nitrogens with one attached hydrogen (secondary N) is 2. The van der Waals surface area contributed by atoms with Crippen LogP contribution >= 0.6 is 0 Å². The van der Waals surface area contributed by atoms with Gasteiger partial charge in [0.05, 0.1) is 41.4 Å². The summed E-state index contributed by atoms with van der Waals surface area (Å²) in [5.74, 6) is -1.95. The van der Waals surface area contributed by atoms with Gasteiger partial charge in [0, 0.05) is 28.3 Å². The first-order chi connectivity index (χ1) is 28.6. The largest absolute Gasteiger partial charge is 0.326 e. The van der Waals surface area contributed by atoms with Crippen molar-refractivity contribution < 1.29 is 35.2 Å². The van der Waals surface area contributed by atoms with E-state index in [4.69, 9.17) is 10.3 Å². The quantitative estimate of drug-likeness (QED) is 0.128. The Kier molecular flexibility index (Phi) is 11.6. The van der Waals surface area contributed by atoms with Gasteiger partial charge >= 0.3 is 0 Å². The SMILES string of the molecule is NS(=O)(=O)c1cc(NC(=O)Cc2ccccc2F)ccc1-n1cc2ccccc2n1.NS(=O)(=O)c1cc(NC(=O)Cc2ccccc2F)ccc1-n1ncc2ccccc21. The Bertz CT molecular complexity index is 3110. The number of anilines is 2. The zero-order valence-electron chi connectivity index (χ0n) is 31.2. The van der Waals surface area contributed by atoms with Gasteiger partial charge in [-0.25, -0.2) is 45.3 Å². The minimum atomic E-state index is -4.12. The number of primary sulfonamides is 2. The first-order valence-corrected chi connectivity index (χ1v) is 21.0. The molecule has 0 aliphatic rings. The van der Waals surface area contributed by atoms with E-state index in [1.807, 2.05) is 36.4 Å². The highest BCUT2D eigenvalue weighted by Crippen LogP contribution is 2.28. The maximum absolute atomic E-state index is 13.8. The van der Waals surface area contributed by atoms with Crippen molar-refractivity contribution in [3.8, 4) is 11.4 Å². The molecule has 0 aliphatic heterocycles. The smallest absolute Gasteiger partial charge is 0.240 e. The predicted octanol–water partition coefficient (Wildman–Crippen LogP) is 5.99. The van der Waals surface area contributed by atoms with Crippen LogP contribution in [0.4, 0.5) is 20.2 Å². The minimum absolute atomic E-state index is 0.191. The number of halogens is 2. The Morgan fingerprint density at radius 2 is 1.08 bits per heavy atom. The molecule has 8 aromatic rings. The van der Waals surface area contributed by atoms with Crippen molar-refractivity contribution in [2.45, 2.75) is 22.6 Å². The Morgan fingerprint density at radius 3 is 1.63 bits per heavy atom. The molecular weight excluding hydrogens is 815 g/mol. The van der Waals surface area contributed by atoms with Crippen molar-refractivity contribution in [3.63, 3.8) is 0 Å². The summed E-state index contributed by atoms with van der Waals surface area (Å²) in [6.45, 7) is 0. The highest BCUT2D eigenvalue weighted by Gasteiger charge is 2.21. The lowest BCUT2D eigenvalue weighted by molar-refractivity contribution is -0.116. The van der Waals surface area contributed by atoms with Gasteiger partial charge in [0.2, 0.25) is 31.9 Å². The number of fused-ring (bicyclic) bond motifs is 2. The first kappa shape index (κ1) is 41.1. The molecule has 0 aliphatic carbocycles. The van der Waals surface area contributed by atoms with E-state index in [1.54, 1.807) is 42.7 Å². The zero-order valence-corrected chi connectivity index (χ0v) is 32.9. The van der Waals surface area contributed by atoms with Crippen LogP contribution in [0.25, 0.3) is 33.2 Å². The number of carbonyl (C=O) groups is 2. The topological polar surface area (TPSA) is 214 Å². The summed E-state index contributed by atoms with van der Waals surface area (Å²) in [5, 5.41) is 26.3. The Hall–Kier alpha value is -7.12. The van der Waals surface area contributed by atoms with Gasteiger partial charge in [-0.15, -0.1) is 0 Å². The van der Waals surface area contributed by atoms with Crippen LogP contribution in [0.3, 0.4) is 0 Å². The molecule has 6 aromatic carbocycles. The van der Waals surface area contributed by atoms with Crippen molar-refractivity contribution >= 4 is 65.0 Å². The van der Waals surface area contributed by atoms with Gasteiger partial charge in [0.15, 0.2) is 0 Å². The maximum atomic E-state index is 13.8. The summed E-state index contributed by atoms with van der Waals surface area (Å²) in [6.07, 6.45) is 2.93. The molecule has 0 radical (unpaired) electrons. The molecule has 2 amide bonds. The summed E-state index contributed by atoms with van der Waals surface area (Å²) in [5.41, 5.74) is 2.83. The number of carbonyl (C=O) groups excluding carboxylic acids is 2. The number of nitrogens with two attached hydrogens (primary N) is 2. The number of rotatable bonds is 10. The van der Waals surface area contributed by atoms with E-state index in [1.165, 1.54) is 76.1 Å². The molecule has 2 heterocycles. The Labute approximate surface area is 342 Å².